The van der Waals surface area contributed by atoms with Crippen molar-refractivity contribution in [2.24, 2.45) is 0 Å². The Bertz CT molecular complexity index is 967. The van der Waals surface area contributed by atoms with Gasteiger partial charge in [0.1, 0.15) is 18.0 Å². The fraction of sp³-hybridized carbons (Fsp3) is 0.238. The molecule has 1 amide bonds. The van der Waals surface area contributed by atoms with E-state index < -0.39 is 18.2 Å². The highest BCUT2D eigenvalue weighted by molar-refractivity contribution is 6.32. The predicted molar refractivity (Wildman–Crippen MR) is 103 cm³/mol. The van der Waals surface area contributed by atoms with Gasteiger partial charge >= 0.3 is 5.97 Å². The standard InChI is InChI=1S/C21H17ClFNO4/c22-18-7-6-16(17-9-15(28-20(17)18)5-8-19(25)26)12-1-3-13(4-2-12)21(27)24-10-14(23)11-24/h1-8,14-15H,9-11H2,(H,25,26). The third-order valence-electron chi connectivity index (χ3n) is 4.91. The minimum Gasteiger partial charge on any atom is -0.484 e. The summed E-state index contributed by atoms with van der Waals surface area (Å²) in [5, 5.41) is 9.27. The van der Waals surface area contributed by atoms with Crippen LogP contribution in [0.3, 0.4) is 0 Å². The first-order chi connectivity index (χ1) is 13.4. The molecule has 144 valence electrons. The van der Waals surface area contributed by atoms with Crippen LogP contribution in [0.1, 0.15) is 15.9 Å². The lowest BCUT2D eigenvalue weighted by molar-refractivity contribution is -0.131. The van der Waals surface area contributed by atoms with Gasteiger partial charge in [0.15, 0.2) is 0 Å². The zero-order valence-electron chi connectivity index (χ0n) is 14.8. The van der Waals surface area contributed by atoms with E-state index in [1.807, 2.05) is 18.2 Å². The number of amides is 1. The number of hydrogen-bond donors (Lipinski definition) is 1. The van der Waals surface area contributed by atoms with Crippen LogP contribution in [0.2, 0.25) is 5.02 Å². The molecule has 1 saturated heterocycles. The summed E-state index contributed by atoms with van der Waals surface area (Å²) in [6.07, 6.45) is 1.73. The maximum atomic E-state index is 13.0. The molecule has 4 rings (SSSR count). The second-order valence-corrected chi connectivity index (χ2v) is 7.25. The van der Waals surface area contributed by atoms with Crippen LogP contribution in [0.25, 0.3) is 11.1 Å². The molecular weight excluding hydrogens is 385 g/mol. The average Bonchev–Trinajstić information content (AvgIpc) is 3.09. The summed E-state index contributed by atoms with van der Waals surface area (Å²) >= 11 is 6.25. The number of fused-ring (bicyclic) bond motifs is 1. The Morgan fingerprint density at radius 2 is 1.89 bits per heavy atom. The number of benzene rings is 2. The molecule has 2 aliphatic rings. The second-order valence-electron chi connectivity index (χ2n) is 6.85. The largest absolute Gasteiger partial charge is 0.484 e. The highest BCUT2D eigenvalue weighted by Crippen LogP contribution is 2.42. The molecule has 2 aromatic carbocycles. The minimum atomic E-state index is -1.03. The van der Waals surface area contributed by atoms with Crippen molar-refractivity contribution in [3.05, 3.63) is 64.7 Å². The topological polar surface area (TPSA) is 66.8 Å². The summed E-state index contributed by atoms with van der Waals surface area (Å²) in [6.45, 7) is 0.293. The van der Waals surface area contributed by atoms with Crippen LogP contribution in [0.15, 0.2) is 48.6 Å². The zero-order valence-corrected chi connectivity index (χ0v) is 15.5. The van der Waals surface area contributed by atoms with Gasteiger partial charge in [0.05, 0.1) is 18.1 Å². The van der Waals surface area contributed by atoms with Crippen molar-refractivity contribution in [2.75, 3.05) is 13.1 Å². The molecule has 2 heterocycles. The van der Waals surface area contributed by atoms with Crippen molar-refractivity contribution in [2.45, 2.75) is 18.7 Å². The fourth-order valence-electron chi connectivity index (χ4n) is 3.46. The van der Waals surface area contributed by atoms with Crippen molar-refractivity contribution in [3.63, 3.8) is 0 Å². The van der Waals surface area contributed by atoms with E-state index in [9.17, 15) is 14.0 Å². The number of carbonyl (C=O) groups excluding carboxylic acids is 1. The van der Waals surface area contributed by atoms with Crippen molar-refractivity contribution in [3.8, 4) is 16.9 Å². The molecule has 1 N–H and O–H groups in total. The molecule has 0 aliphatic carbocycles. The molecule has 0 radical (unpaired) electrons. The first kappa shape index (κ1) is 18.5. The van der Waals surface area contributed by atoms with Crippen molar-refractivity contribution >= 4 is 23.5 Å². The Labute approximate surface area is 166 Å². The van der Waals surface area contributed by atoms with E-state index in [1.165, 1.54) is 11.0 Å². The predicted octanol–water partition coefficient (Wildman–Crippen LogP) is 3.75. The van der Waals surface area contributed by atoms with Crippen molar-refractivity contribution in [1.29, 1.82) is 0 Å². The van der Waals surface area contributed by atoms with Gasteiger partial charge in [-0.25, -0.2) is 9.18 Å². The second kappa shape index (κ2) is 7.28. The third kappa shape index (κ3) is 3.47. The number of aliphatic carboxylic acids is 1. The quantitative estimate of drug-likeness (QED) is 0.792. The number of carbonyl (C=O) groups is 2. The Kier molecular flexibility index (Phi) is 4.81. The lowest BCUT2D eigenvalue weighted by Gasteiger charge is -2.34. The maximum Gasteiger partial charge on any atom is 0.328 e. The molecule has 2 aromatic rings. The van der Waals surface area contributed by atoms with Crippen LogP contribution < -0.4 is 4.74 Å². The Morgan fingerprint density at radius 3 is 2.54 bits per heavy atom. The van der Waals surface area contributed by atoms with E-state index in [1.54, 1.807) is 18.2 Å². The number of hydrogen-bond acceptors (Lipinski definition) is 3. The molecule has 1 fully saturated rings. The molecular formula is C21H17ClFNO4. The monoisotopic (exact) mass is 401 g/mol. The Hall–Kier alpha value is -2.86. The van der Waals surface area contributed by atoms with E-state index in [0.717, 1.165) is 22.8 Å². The summed E-state index contributed by atoms with van der Waals surface area (Å²) < 4.78 is 18.8. The van der Waals surface area contributed by atoms with Gasteiger partial charge in [-0.15, -0.1) is 0 Å². The van der Waals surface area contributed by atoms with Crippen molar-refractivity contribution < 1.29 is 23.8 Å². The van der Waals surface area contributed by atoms with Crippen LogP contribution in [-0.2, 0) is 11.2 Å². The number of rotatable bonds is 4. The summed E-state index contributed by atoms with van der Waals surface area (Å²) in [4.78, 5) is 24.5. The van der Waals surface area contributed by atoms with Gasteiger partial charge in [0, 0.05) is 23.6 Å². The van der Waals surface area contributed by atoms with Gasteiger partial charge in [-0.2, -0.15) is 0 Å². The zero-order chi connectivity index (χ0) is 19.8. The third-order valence-corrected chi connectivity index (χ3v) is 5.21. The van der Waals surface area contributed by atoms with E-state index >= 15 is 0 Å². The molecule has 5 nitrogen and oxygen atoms in total. The molecule has 1 unspecified atom stereocenters. The van der Waals surface area contributed by atoms with Gasteiger partial charge in [0.2, 0.25) is 0 Å². The first-order valence-corrected chi connectivity index (χ1v) is 9.23. The van der Waals surface area contributed by atoms with Gasteiger partial charge < -0.3 is 14.7 Å². The van der Waals surface area contributed by atoms with E-state index in [2.05, 4.69) is 0 Å². The smallest absolute Gasteiger partial charge is 0.328 e. The number of carboxylic acid groups (broad SMARTS) is 1. The number of halogens is 2. The molecule has 2 aliphatic heterocycles. The highest BCUT2D eigenvalue weighted by Gasteiger charge is 2.31. The minimum absolute atomic E-state index is 0.147. The van der Waals surface area contributed by atoms with Crippen LogP contribution in [0.4, 0.5) is 4.39 Å². The Morgan fingerprint density at radius 1 is 1.18 bits per heavy atom. The van der Waals surface area contributed by atoms with Crippen molar-refractivity contribution in [1.82, 2.24) is 4.90 Å². The van der Waals surface area contributed by atoms with Crippen LogP contribution in [-0.4, -0.2) is 47.2 Å². The normalized spacial score (nSPS) is 18.6. The van der Waals surface area contributed by atoms with Crippen LogP contribution >= 0.6 is 11.6 Å². The number of likely N-dealkylation sites (tertiary alicyclic amines) is 1. The van der Waals surface area contributed by atoms with Crippen LogP contribution in [0, 0.1) is 0 Å². The van der Waals surface area contributed by atoms with Gasteiger partial charge in [-0.1, -0.05) is 29.8 Å². The molecule has 0 aromatic heterocycles. The lowest BCUT2D eigenvalue weighted by Crippen LogP contribution is -2.51. The van der Waals surface area contributed by atoms with Crippen LogP contribution in [0.5, 0.6) is 5.75 Å². The molecule has 7 heteroatoms. The number of alkyl halides is 1. The molecule has 0 bridgehead atoms. The maximum absolute atomic E-state index is 13.0. The summed E-state index contributed by atoms with van der Waals surface area (Å²) in [5.41, 5.74) is 3.22. The van der Waals surface area contributed by atoms with E-state index in [0.29, 0.717) is 22.8 Å². The highest BCUT2D eigenvalue weighted by atomic mass is 35.5. The van der Waals surface area contributed by atoms with E-state index in [-0.39, 0.29) is 19.0 Å². The van der Waals surface area contributed by atoms with Gasteiger partial charge in [-0.3, -0.25) is 4.79 Å². The number of nitrogens with zero attached hydrogens (tertiary/aromatic N) is 1. The SMILES string of the molecule is O=C(O)C=CC1Cc2c(-c3ccc(C(=O)N4CC(F)C4)cc3)ccc(Cl)c2O1. The fourth-order valence-corrected chi connectivity index (χ4v) is 3.68. The number of ether oxygens (including phenoxy) is 1. The van der Waals surface area contributed by atoms with Gasteiger partial charge in [-0.05, 0) is 35.4 Å². The molecule has 1 atom stereocenters. The van der Waals surface area contributed by atoms with E-state index in [4.69, 9.17) is 21.4 Å². The molecule has 28 heavy (non-hydrogen) atoms. The summed E-state index contributed by atoms with van der Waals surface area (Å²) in [5.74, 6) is -0.662. The van der Waals surface area contributed by atoms with Gasteiger partial charge in [0.25, 0.3) is 5.91 Å². The lowest BCUT2D eigenvalue weighted by atomic mass is 9.95. The average molecular weight is 402 g/mol. The molecule has 0 saturated carbocycles. The Balaban J connectivity index is 1.58. The number of carboxylic acids is 1. The first-order valence-electron chi connectivity index (χ1n) is 8.85. The molecule has 0 spiro atoms. The summed E-state index contributed by atoms with van der Waals surface area (Å²) in [6, 6.07) is 10.7. The summed E-state index contributed by atoms with van der Waals surface area (Å²) in [7, 11) is 0.